The number of piperidine rings is 1. The topological polar surface area (TPSA) is 149 Å². The molecular formula is C25H32FN3O9S. The molecule has 0 unspecified atom stereocenters. The molecule has 1 N–H and O–H groups in total. The van der Waals surface area contributed by atoms with Crippen molar-refractivity contribution in [2.45, 2.75) is 44.6 Å². The molecular weight excluding hydrogens is 537 g/mol. The first-order valence-electron chi connectivity index (χ1n) is 12.8. The Morgan fingerprint density at radius 2 is 1.82 bits per heavy atom. The fraction of sp³-hybridized carbons (Fsp3) is 0.600. The van der Waals surface area contributed by atoms with Gasteiger partial charge in [-0.25, -0.2) is 27.3 Å². The van der Waals surface area contributed by atoms with Gasteiger partial charge in [0.05, 0.1) is 36.2 Å². The number of nitrogens with zero attached hydrogens (tertiary/aromatic N) is 2. The summed E-state index contributed by atoms with van der Waals surface area (Å²) in [7, 11) is -3.08. The van der Waals surface area contributed by atoms with Crippen LogP contribution in [0.25, 0.3) is 0 Å². The van der Waals surface area contributed by atoms with Crippen LogP contribution in [-0.4, -0.2) is 88.0 Å². The number of nitrogens with one attached hydrogen (secondary N) is 1. The first-order chi connectivity index (χ1) is 18.5. The average Bonchev–Trinajstić information content (AvgIpc) is 3.27. The number of amides is 3. The molecule has 0 radical (unpaired) electrons. The van der Waals surface area contributed by atoms with Gasteiger partial charge in [0, 0.05) is 6.92 Å². The summed E-state index contributed by atoms with van der Waals surface area (Å²) in [6.45, 7) is 1.51. The van der Waals surface area contributed by atoms with Crippen molar-refractivity contribution in [2.24, 2.45) is 5.92 Å². The van der Waals surface area contributed by atoms with Gasteiger partial charge in [-0.1, -0.05) is 6.07 Å². The summed E-state index contributed by atoms with van der Waals surface area (Å²) in [6, 6.07) is 4.28. The van der Waals surface area contributed by atoms with Crippen molar-refractivity contribution in [2.75, 3.05) is 49.4 Å². The first kappa shape index (κ1) is 28.7. The third-order valence-electron chi connectivity index (χ3n) is 7.21. The number of ether oxygens (including phenoxy) is 3. The van der Waals surface area contributed by atoms with E-state index in [-0.39, 0.29) is 42.1 Å². The third-order valence-corrected chi connectivity index (χ3v) is 8.92. The molecule has 3 heterocycles. The van der Waals surface area contributed by atoms with Crippen LogP contribution in [0.1, 0.15) is 44.1 Å². The molecule has 3 fully saturated rings. The Bertz CT molecular complexity index is 1210. The number of carbonyl (C=O) groups is 4. The van der Waals surface area contributed by atoms with E-state index in [2.05, 4.69) is 5.32 Å². The Labute approximate surface area is 225 Å². The Morgan fingerprint density at radius 1 is 1.13 bits per heavy atom. The molecule has 3 aliphatic heterocycles. The molecule has 12 nitrogen and oxygen atoms in total. The maximum Gasteiger partial charge on any atom is 0.419 e. The molecule has 1 atom stereocenters. The van der Waals surface area contributed by atoms with Crippen LogP contribution < -0.4 is 10.2 Å². The van der Waals surface area contributed by atoms with E-state index >= 15 is 0 Å². The van der Waals surface area contributed by atoms with Crippen molar-refractivity contribution < 1.29 is 46.2 Å². The van der Waals surface area contributed by atoms with Crippen LogP contribution in [0.4, 0.5) is 19.7 Å². The SMILES string of the molecule is CC(=O)N(C[C@H]1CN(c2ccc(C3CCS(=O)(=O)CC3)c(F)c2)C(=O)O1)C(=O)OCOC(=O)C1CCNCC1. The quantitative estimate of drug-likeness (QED) is 0.381. The second kappa shape index (κ2) is 12.3. The molecule has 3 amide bonds. The van der Waals surface area contributed by atoms with Gasteiger partial charge in [0.1, 0.15) is 21.8 Å². The minimum atomic E-state index is -3.08. The van der Waals surface area contributed by atoms with E-state index in [1.165, 1.54) is 17.0 Å². The molecule has 0 saturated carbocycles. The number of hydrogen-bond donors (Lipinski definition) is 1. The standard InChI is InChI=1S/C25H32FN3O9S/c1-16(30)28(24(32)37-15-36-23(31)18-4-8-27-9-5-18)13-20-14-29(25(33)38-20)19-2-3-21(22(26)12-19)17-6-10-39(34,35)11-7-17/h2-3,12,17-18,20,27H,4-11,13-15H2,1H3/t20-/m0/s1. The number of sulfone groups is 1. The highest BCUT2D eigenvalue weighted by Crippen LogP contribution is 2.33. The minimum absolute atomic E-state index is 0.00867. The molecule has 214 valence electrons. The second-order valence-electron chi connectivity index (χ2n) is 9.89. The lowest BCUT2D eigenvalue weighted by Gasteiger charge is -2.23. The van der Waals surface area contributed by atoms with Crippen molar-refractivity contribution in [1.82, 2.24) is 10.2 Å². The van der Waals surface area contributed by atoms with Crippen LogP contribution >= 0.6 is 0 Å². The predicted molar refractivity (Wildman–Crippen MR) is 135 cm³/mol. The predicted octanol–water partition coefficient (Wildman–Crippen LogP) is 1.93. The second-order valence-corrected chi connectivity index (χ2v) is 12.2. The van der Waals surface area contributed by atoms with E-state index in [4.69, 9.17) is 14.2 Å². The normalized spacial score (nSPS) is 21.7. The molecule has 0 bridgehead atoms. The van der Waals surface area contributed by atoms with Crippen molar-refractivity contribution in [3.63, 3.8) is 0 Å². The Balaban J connectivity index is 1.31. The Kier molecular flexibility index (Phi) is 9.05. The molecule has 0 aromatic heterocycles. The van der Waals surface area contributed by atoms with Gasteiger partial charge in [0.15, 0.2) is 0 Å². The largest absolute Gasteiger partial charge is 0.442 e. The minimum Gasteiger partial charge on any atom is -0.442 e. The molecule has 3 saturated heterocycles. The Morgan fingerprint density at radius 3 is 2.46 bits per heavy atom. The molecule has 3 aliphatic rings. The number of cyclic esters (lactones) is 1. The van der Waals surface area contributed by atoms with Gasteiger partial charge in [-0.2, -0.15) is 0 Å². The maximum atomic E-state index is 14.9. The molecule has 0 aliphatic carbocycles. The summed E-state index contributed by atoms with van der Waals surface area (Å²) in [5.74, 6) is -2.19. The molecule has 1 aromatic carbocycles. The van der Waals surface area contributed by atoms with E-state index < -0.39 is 52.6 Å². The highest BCUT2D eigenvalue weighted by molar-refractivity contribution is 7.91. The number of hydrogen-bond acceptors (Lipinski definition) is 10. The molecule has 39 heavy (non-hydrogen) atoms. The zero-order valence-electron chi connectivity index (χ0n) is 21.6. The number of carbonyl (C=O) groups excluding carboxylic acids is 4. The fourth-order valence-electron chi connectivity index (χ4n) is 4.97. The van der Waals surface area contributed by atoms with E-state index in [1.54, 1.807) is 6.07 Å². The van der Waals surface area contributed by atoms with E-state index in [1.807, 2.05) is 0 Å². The average molecular weight is 570 g/mol. The number of esters is 1. The molecule has 14 heteroatoms. The maximum absolute atomic E-state index is 14.9. The van der Waals surface area contributed by atoms with Gasteiger partial charge < -0.3 is 19.5 Å². The summed E-state index contributed by atoms with van der Waals surface area (Å²) in [6.07, 6.45) is -0.830. The lowest BCUT2D eigenvalue weighted by molar-refractivity contribution is -0.158. The monoisotopic (exact) mass is 569 g/mol. The molecule has 1 aromatic rings. The number of imide groups is 1. The number of benzene rings is 1. The summed E-state index contributed by atoms with van der Waals surface area (Å²) >= 11 is 0. The fourth-order valence-corrected chi connectivity index (χ4v) is 6.46. The Hall–Kier alpha value is -3.26. The van der Waals surface area contributed by atoms with Crippen molar-refractivity contribution >= 4 is 39.6 Å². The lowest BCUT2D eigenvalue weighted by Crippen LogP contribution is -2.42. The summed E-state index contributed by atoms with van der Waals surface area (Å²) in [5, 5.41) is 3.13. The zero-order chi connectivity index (χ0) is 28.2. The van der Waals surface area contributed by atoms with Crippen LogP contribution in [0, 0.1) is 11.7 Å². The van der Waals surface area contributed by atoms with Gasteiger partial charge in [0.25, 0.3) is 0 Å². The van der Waals surface area contributed by atoms with Crippen LogP contribution in [0.5, 0.6) is 0 Å². The number of anilines is 1. The van der Waals surface area contributed by atoms with Gasteiger partial charge >= 0.3 is 18.2 Å². The van der Waals surface area contributed by atoms with Crippen LogP contribution in [0.3, 0.4) is 0 Å². The van der Waals surface area contributed by atoms with Crippen molar-refractivity contribution in [3.8, 4) is 0 Å². The van der Waals surface area contributed by atoms with E-state index in [0.29, 0.717) is 44.3 Å². The van der Waals surface area contributed by atoms with Crippen LogP contribution in [-0.2, 0) is 33.6 Å². The van der Waals surface area contributed by atoms with Gasteiger partial charge in [0.2, 0.25) is 12.7 Å². The first-order valence-corrected chi connectivity index (χ1v) is 14.7. The van der Waals surface area contributed by atoms with Crippen LogP contribution in [0.15, 0.2) is 18.2 Å². The lowest BCUT2D eigenvalue weighted by atomic mass is 9.93. The van der Waals surface area contributed by atoms with Gasteiger partial charge in [-0.15, -0.1) is 0 Å². The van der Waals surface area contributed by atoms with Crippen molar-refractivity contribution in [3.05, 3.63) is 29.6 Å². The van der Waals surface area contributed by atoms with Gasteiger partial charge in [-0.3, -0.25) is 14.5 Å². The van der Waals surface area contributed by atoms with Crippen LogP contribution in [0.2, 0.25) is 0 Å². The summed E-state index contributed by atoms with van der Waals surface area (Å²) in [4.78, 5) is 51.1. The summed E-state index contributed by atoms with van der Waals surface area (Å²) < 4.78 is 53.5. The van der Waals surface area contributed by atoms with E-state index in [0.717, 1.165) is 11.8 Å². The summed E-state index contributed by atoms with van der Waals surface area (Å²) in [5.41, 5.74) is 0.623. The smallest absolute Gasteiger partial charge is 0.419 e. The highest BCUT2D eigenvalue weighted by atomic mass is 32.2. The number of halogens is 1. The van der Waals surface area contributed by atoms with Gasteiger partial charge in [-0.05, 0) is 62.4 Å². The van der Waals surface area contributed by atoms with E-state index in [9.17, 15) is 32.0 Å². The molecule has 4 rings (SSSR count). The third kappa shape index (κ3) is 7.24. The highest BCUT2D eigenvalue weighted by Gasteiger charge is 2.37. The molecule has 0 spiro atoms. The zero-order valence-corrected chi connectivity index (χ0v) is 22.4. The number of rotatable bonds is 7. The van der Waals surface area contributed by atoms with Crippen molar-refractivity contribution in [1.29, 1.82) is 0 Å².